The average Bonchev–Trinajstić information content (AvgIpc) is 2.87. The Kier molecular flexibility index (Phi) is 5.08. The normalized spacial score (nSPS) is 26.7. The minimum absolute atomic E-state index is 0.179. The lowest BCUT2D eigenvalue weighted by atomic mass is 9.88. The summed E-state index contributed by atoms with van der Waals surface area (Å²) in [7, 11) is 0. The molecule has 0 saturated carbocycles. The molecular weight excluding hydrogens is 316 g/mol. The van der Waals surface area contributed by atoms with Gasteiger partial charge in [0.05, 0.1) is 13.2 Å². The first kappa shape index (κ1) is 18.5. The van der Waals surface area contributed by atoms with Gasteiger partial charge in [0.15, 0.2) is 0 Å². The van der Waals surface area contributed by atoms with Crippen molar-refractivity contribution in [3.8, 4) is 0 Å². The Morgan fingerprint density at radius 1 is 1.38 bits per heavy atom. The number of rotatable bonds is 5. The first-order valence-corrected chi connectivity index (χ1v) is 8.32. The fraction of sp³-hybridized carbons (Fsp3) is 0.812. The Balaban J connectivity index is 2.15. The van der Waals surface area contributed by atoms with Crippen LogP contribution in [0.25, 0.3) is 0 Å². The number of amides is 2. The zero-order valence-electron chi connectivity index (χ0n) is 14.7. The van der Waals surface area contributed by atoms with Crippen molar-refractivity contribution in [1.29, 1.82) is 0 Å². The lowest BCUT2D eigenvalue weighted by Crippen LogP contribution is -2.74. The third-order valence-corrected chi connectivity index (χ3v) is 4.25. The SMILES string of the molecule is CCCCON1CC2(CCC(C(=O)O)N2C(=O)OC(C)(C)C)C1=O. The molecule has 0 bridgehead atoms. The van der Waals surface area contributed by atoms with Gasteiger partial charge in [0.25, 0.3) is 5.91 Å². The van der Waals surface area contributed by atoms with Gasteiger partial charge in [-0.05, 0) is 40.0 Å². The largest absolute Gasteiger partial charge is 0.480 e. The number of nitrogens with zero attached hydrogens (tertiary/aromatic N) is 2. The van der Waals surface area contributed by atoms with Gasteiger partial charge in [-0.1, -0.05) is 13.3 Å². The second kappa shape index (κ2) is 6.58. The maximum atomic E-state index is 12.6. The van der Waals surface area contributed by atoms with Crippen LogP contribution in [-0.2, 0) is 19.2 Å². The Hall–Kier alpha value is -1.83. The van der Waals surface area contributed by atoms with Crippen LogP contribution in [0.4, 0.5) is 4.79 Å². The molecular formula is C16H26N2O6. The van der Waals surface area contributed by atoms with Crippen molar-refractivity contribution in [2.24, 2.45) is 0 Å². The summed E-state index contributed by atoms with van der Waals surface area (Å²) in [5.41, 5.74) is -1.92. The molecule has 0 aromatic rings. The standard InChI is InChI=1S/C16H26N2O6/c1-5-6-9-23-17-10-16(13(17)21)8-7-11(12(19)20)18(16)14(22)24-15(2,3)4/h11H,5-10H2,1-4H3,(H,19,20). The fourth-order valence-electron chi connectivity index (χ4n) is 3.08. The number of carboxylic acids is 1. The minimum Gasteiger partial charge on any atom is -0.480 e. The lowest BCUT2D eigenvalue weighted by molar-refractivity contribution is -0.237. The molecule has 8 heteroatoms. The maximum Gasteiger partial charge on any atom is 0.412 e. The van der Waals surface area contributed by atoms with Crippen LogP contribution in [0.5, 0.6) is 0 Å². The first-order valence-electron chi connectivity index (χ1n) is 8.32. The van der Waals surface area contributed by atoms with E-state index in [9.17, 15) is 19.5 Å². The molecule has 2 aliphatic heterocycles. The Morgan fingerprint density at radius 2 is 2.04 bits per heavy atom. The molecule has 0 aromatic heterocycles. The van der Waals surface area contributed by atoms with Crippen LogP contribution < -0.4 is 0 Å². The average molecular weight is 342 g/mol. The number of carbonyl (C=O) groups excluding carboxylic acids is 2. The number of hydroxylamine groups is 2. The van der Waals surface area contributed by atoms with E-state index in [0.717, 1.165) is 17.7 Å². The smallest absolute Gasteiger partial charge is 0.412 e. The minimum atomic E-state index is -1.16. The van der Waals surface area contributed by atoms with Crippen LogP contribution in [0.2, 0.25) is 0 Å². The quantitative estimate of drug-likeness (QED) is 0.604. The molecule has 2 aliphatic rings. The summed E-state index contributed by atoms with van der Waals surface area (Å²) in [6.45, 7) is 7.72. The van der Waals surface area contributed by atoms with E-state index in [1.165, 1.54) is 5.06 Å². The van der Waals surface area contributed by atoms with E-state index in [4.69, 9.17) is 9.57 Å². The van der Waals surface area contributed by atoms with E-state index in [2.05, 4.69) is 0 Å². The molecule has 24 heavy (non-hydrogen) atoms. The number of ether oxygens (including phenoxy) is 1. The number of hydrogen-bond donors (Lipinski definition) is 1. The maximum absolute atomic E-state index is 12.6. The molecule has 2 amide bonds. The molecule has 0 aliphatic carbocycles. The predicted molar refractivity (Wildman–Crippen MR) is 84.0 cm³/mol. The van der Waals surface area contributed by atoms with Gasteiger partial charge in [0, 0.05) is 0 Å². The molecule has 2 fully saturated rings. The molecule has 136 valence electrons. The molecule has 2 saturated heterocycles. The van der Waals surface area contributed by atoms with E-state index < -0.39 is 29.2 Å². The first-order chi connectivity index (χ1) is 11.1. The zero-order chi connectivity index (χ0) is 18.1. The second-order valence-electron chi connectivity index (χ2n) is 7.30. The summed E-state index contributed by atoms with van der Waals surface area (Å²) in [6.07, 6.45) is 1.52. The van der Waals surface area contributed by atoms with Crippen LogP contribution in [0.3, 0.4) is 0 Å². The molecule has 2 heterocycles. The predicted octanol–water partition coefficient (Wildman–Crippen LogP) is 1.78. The number of aliphatic carboxylic acids is 1. The van der Waals surface area contributed by atoms with Gasteiger partial charge in [0.2, 0.25) is 0 Å². The molecule has 0 aromatic carbocycles. The molecule has 1 spiro atoms. The van der Waals surface area contributed by atoms with Crippen molar-refractivity contribution in [2.45, 2.75) is 70.6 Å². The van der Waals surface area contributed by atoms with E-state index in [1.807, 2.05) is 6.92 Å². The molecule has 0 radical (unpaired) electrons. The van der Waals surface area contributed by atoms with Gasteiger partial charge in [0.1, 0.15) is 17.2 Å². The Morgan fingerprint density at radius 3 is 2.54 bits per heavy atom. The van der Waals surface area contributed by atoms with Crippen molar-refractivity contribution in [3.63, 3.8) is 0 Å². The molecule has 2 rings (SSSR count). The van der Waals surface area contributed by atoms with Crippen LogP contribution in [0.1, 0.15) is 53.4 Å². The van der Waals surface area contributed by atoms with Gasteiger partial charge >= 0.3 is 12.1 Å². The van der Waals surface area contributed by atoms with Crippen molar-refractivity contribution in [1.82, 2.24) is 9.96 Å². The van der Waals surface area contributed by atoms with Gasteiger partial charge in [-0.15, -0.1) is 0 Å². The van der Waals surface area contributed by atoms with Crippen molar-refractivity contribution < 1.29 is 29.1 Å². The highest BCUT2D eigenvalue weighted by atomic mass is 16.7. The number of carbonyl (C=O) groups is 3. The summed E-state index contributed by atoms with van der Waals surface area (Å²) >= 11 is 0. The van der Waals surface area contributed by atoms with Crippen molar-refractivity contribution >= 4 is 18.0 Å². The van der Waals surface area contributed by atoms with Crippen molar-refractivity contribution in [3.05, 3.63) is 0 Å². The summed E-state index contributed by atoms with van der Waals surface area (Å²) in [4.78, 5) is 43.1. The highest BCUT2D eigenvalue weighted by molar-refractivity contribution is 5.97. The number of unbranched alkanes of at least 4 members (excludes halogenated alkanes) is 1. The third-order valence-electron chi connectivity index (χ3n) is 4.25. The third kappa shape index (κ3) is 3.33. The molecule has 2 unspecified atom stereocenters. The highest BCUT2D eigenvalue weighted by Crippen LogP contribution is 2.43. The number of hydrogen-bond acceptors (Lipinski definition) is 5. The van der Waals surface area contributed by atoms with Gasteiger partial charge in [-0.2, -0.15) is 0 Å². The molecule has 8 nitrogen and oxygen atoms in total. The second-order valence-corrected chi connectivity index (χ2v) is 7.30. The summed E-state index contributed by atoms with van der Waals surface area (Å²) in [6, 6.07) is -1.05. The van der Waals surface area contributed by atoms with Crippen LogP contribution in [0, 0.1) is 0 Å². The van der Waals surface area contributed by atoms with Gasteiger partial charge in [-0.25, -0.2) is 14.7 Å². The summed E-state index contributed by atoms with van der Waals surface area (Å²) in [5.74, 6) is -1.50. The Labute approximate surface area is 141 Å². The fourth-order valence-corrected chi connectivity index (χ4v) is 3.08. The molecule has 2 atom stereocenters. The van der Waals surface area contributed by atoms with E-state index in [-0.39, 0.29) is 18.9 Å². The van der Waals surface area contributed by atoms with Crippen LogP contribution in [0.15, 0.2) is 0 Å². The number of β-lactam (4-membered cyclic amide) rings is 1. The summed E-state index contributed by atoms with van der Waals surface area (Å²) in [5, 5.41) is 10.6. The zero-order valence-corrected chi connectivity index (χ0v) is 14.7. The van der Waals surface area contributed by atoms with E-state index in [0.29, 0.717) is 13.0 Å². The highest BCUT2D eigenvalue weighted by Gasteiger charge is 2.65. The number of likely N-dealkylation sites (tertiary alicyclic amines) is 1. The van der Waals surface area contributed by atoms with Gasteiger partial charge in [-0.3, -0.25) is 14.5 Å². The van der Waals surface area contributed by atoms with E-state index in [1.54, 1.807) is 20.8 Å². The monoisotopic (exact) mass is 342 g/mol. The molecule has 1 N–H and O–H groups in total. The van der Waals surface area contributed by atoms with Crippen molar-refractivity contribution in [2.75, 3.05) is 13.2 Å². The topological polar surface area (TPSA) is 96.4 Å². The van der Waals surface area contributed by atoms with Gasteiger partial charge < -0.3 is 9.84 Å². The number of carboxylic acid groups (broad SMARTS) is 1. The summed E-state index contributed by atoms with van der Waals surface area (Å²) < 4.78 is 5.33. The lowest BCUT2D eigenvalue weighted by Gasteiger charge is -2.50. The Bertz CT molecular complexity index is 529. The van der Waals surface area contributed by atoms with Crippen LogP contribution in [-0.4, -0.2) is 63.4 Å². The van der Waals surface area contributed by atoms with Crippen LogP contribution >= 0.6 is 0 Å². The van der Waals surface area contributed by atoms with E-state index >= 15 is 0 Å².